The molecule has 0 saturated heterocycles. The van der Waals surface area contributed by atoms with E-state index in [1.54, 1.807) is 12.4 Å². The predicted octanol–water partition coefficient (Wildman–Crippen LogP) is 3.43. The standard InChI is InChI=1S/C19H25N5O/c1-5-23(6-2)19(25)15-16(22-12-13(3)4)14-8-7-9-20-17(14)24-11-10-21-18(15)24/h7-11,13,22H,5-6,12H2,1-4H3. The molecule has 1 N–H and O–H groups in total. The number of hydrogen-bond donors (Lipinski definition) is 1. The van der Waals surface area contributed by atoms with Gasteiger partial charge in [0.25, 0.3) is 5.91 Å². The molecule has 0 radical (unpaired) electrons. The van der Waals surface area contributed by atoms with Gasteiger partial charge in [-0.2, -0.15) is 0 Å². The molecule has 3 heterocycles. The molecule has 0 saturated carbocycles. The van der Waals surface area contributed by atoms with E-state index in [2.05, 4.69) is 29.1 Å². The molecule has 25 heavy (non-hydrogen) atoms. The first-order valence-corrected chi connectivity index (χ1v) is 8.85. The summed E-state index contributed by atoms with van der Waals surface area (Å²) in [6.07, 6.45) is 5.34. The van der Waals surface area contributed by atoms with Crippen molar-refractivity contribution in [3.05, 3.63) is 36.3 Å². The first-order valence-electron chi connectivity index (χ1n) is 8.85. The van der Waals surface area contributed by atoms with E-state index in [1.165, 1.54) is 0 Å². The molecule has 0 aliphatic carbocycles. The minimum absolute atomic E-state index is 0.00166. The predicted molar refractivity (Wildman–Crippen MR) is 101 cm³/mol. The van der Waals surface area contributed by atoms with Crippen LogP contribution in [0.15, 0.2) is 30.7 Å². The molecule has 0 aliphatic rings. The molecular weight excluding hydrogens is 314 g/mol. The Balaban J connectivity index is 2.31. The summed E-state index contributed by atoms with van der Waals surface area (Å²) in [5, 5.41) is 4.42. The lowest BCUT2D eigenvalue weighted by Crippen LogP contribution is -2.32. The number of rotatable bonds is 6. The van der Waals surface area contributed by atoms with Gasteiger partial charge in [0.05, 0.1) is 5.69 Å². The Morgan fingerprint density at radius 3 is 2.60 bits per heavy atom. The number of anilines is 1. The molecule has 0 unspecified atom stereocenters. The van der Waals surface area contributed by atoms with Gasteiger partial charge in [-0.05, 0) is 31.9 Å². The van der Waals surface area contributed by atoms with E-state index in [4.69, 9.17) is 0 Å². The van der Waals surface area contributed by atoms with Crippen molar-refractivity contribution >= 4 is 28.3 Å². The van der Waals surface area contributed by atoms with Crippen molar-refractivity contribution in [2.24, 2.45) is 5.92 Å². The zero-order valence-electron chi connectivity index (χ0n) is 15.3. The van der Waals surface area contributed by atoms with E-state index in [0.29, 0.717) is 30.2 Å². The SMILES string of the molecule is CCN(CC)C(=O)c1c(NCC(C)C)c2cccnc2n2ccnc12. The van der Waals surface area contributed by atoms with Crippen LogP contribution >= 0.6 is 0 Å². The highest BCUT2D eigenvalue weighted by Crippen LogP contribution is 2.31. The van der Waals surface area contributed by atoms with Crippen LogP contribution in [0.4, 0.5) is 5.69 Å². The molecule has 6 nitrogen and oxygen atoms in total. The van der Waals surface area contributed by atoms with Crippen molar-refractivity contribution in [2.45, 2.75) is 27.7 Å². The number of nitrogens with zero attached hydrogens (tertiary/aromatic N) is 4. The Hall–Kier alpha value is -2.63. The average molecular weight is 339 g/mol. The number of carbonyl (C=O) groups excluding carboxylic acids is 1. The summed E-state index contributed by atoms with van der Waals surface area (Å²) in [7, 11) is 0. The summed E-state index contributed by atoms with van der Waals surface area (Å²) in [6, 6.07) is 3.90. The van der Waals surface area contributed by atoms with Crippen LogP contribution in [0.2, 0.25) is 0 Å². The van der Waals surface area contributed by atoms with Gasteiger partial charge in [-0.25, -0.2) is 9.97 Å². The maximum Gasteiger partial charge on any atom is 0.259 e. The van der Waals surface area contributed by atoms with Crippen LogP contribution in [0.5, 0.6) is 0 Å². The zero-order valence-corrected chi connectivity index (χ0v) is 15.3. The maximum absolute atomic E-state index is 13.2. The highest BCUT2D eigenvalue weighted by molar-refractivity contribution is 6.11. The molecule has 3 rings (SSSR count). The van der Waals surface area contributed by atoms with E-state index < -0.39 is 0 Å². The fraction of sp³-hybridized carbons (Fsp3) is 0.421. The number of pyridine rings is 2. The summed E-state index contributed by atoms with van der Waals surface area (Å²) in [5.41, 5.74) is 2.90. The molecular formula is C19H25N5O. The fourth-order valence-corrected chi connectivity index (χ4v) is 3.05. The summed E-state index contributed by atoms with van der Waals surface area (Å²) in [5.74, 6) is 0.456. The number of amides is 1. The molecule has 0 atom stereocenters. The number of aromatic nitrogens is 3. The molecule has 1 amide bonds. The van der Waals surface area contributed by atoms with Crippen LogP contribution in [-0.4, -0.2) is 44.8 Å². The topological polar surface area (TPSA) is 62.5 Å². The van der Waals surface area contributed by atoms with Gasteiger partial charge in [-0.3, -0.25) is 9.20 Å². The molecule has 0 spiro atoms. The van der Waals surface area contributed by atoms with Crippen molar-refractivity contribution in [2.75, 3.05) is 25.0 Å². The molecule has 3 aromatic rings. The van der Waals surface area contributed by atoms with Crippen LogP contribution in [0.1, 0.15) is 38.1 Å². The lowest BCUT2D eigenvalue weighted by atomic mass is 10.1. The van der Waals surface area contributed by atoms with Crippen molar-refractivity contribution in [3.63, 3.8) is 0 Å². The Kier molecular flexibility index (Phi) is 4.88. The number of carbonyl (C=O) groups is 1. The molecule has 0 aromatic carbocycles. The van der Waals surface area contributed by atoms with E-state index in [-0.39, 0.29) is 5.91 Å². The molecule has 3 aromatic heterocycles. The number of nitrogens with one attached hydrogen (secondary N) is 1. The van der Waals surface area contributed by atoms with E-state index in [9.17, 15) is 4.79 Å². The van der Waals surface area contributed by atoms with Crippen molar-refractivity contribution < 1.29 is 4.79 Å². The Bertz CT molecular complexity index is 895. The van der Waals surface area contributed by atoms with Crippen LogP contribution in [0, 0.1) is 5.92 Å². The lowest BCUT2D eigenvalue weighted by molar-refractivity contribution is 0.0775. The second-order valence-electron chi connectivity index (χ2n) is 6.50. The third-order valence-electron chi connectivity index (χ3n) is 4.35. The fourth-order valence-electron chi connectivity index (χ4n) is 3.05. The highest BCUT2D eigenvalue weighted by Gasteiger charge is 2.24. The Morgan fingerprint density at radius 1 is 1.20 bits per heavy atom. The zero-order chi connectivity index (χ0) is 18.0. The van der Waals surface area contributed by atoms with Gasteiger partial charge in [-0.1, -0.05) is 13.8 Å². The van der Waals surface area contributed by atoms with Crippen LogP contribution < -0.4 is 5.32 Å². The molecule has 0 bridgehead atoms. The quantitative estimate of drug-likeness (QED) is 0.747. The Morgan fingerprint density at radius 2 is 1.92 bits per heavy atom. The van der Waals surface area contributed by atoms with Crippen LogP contribution in [0.3, 0.4) is 0 Å². The van der Waals surface area contributed by atoms with Crippen molar-refractivity contribution in [1.82, 2.24) is 19.3 Å². The van der Waals surface area contributed by atoms with Gasteiger partial charge in [0.15, 0.2) is 5.65 Å². The first kappa shape index (κ1) is 17.2. The minimum Gasteiger partial charge on any atom is -0.383 e. The van der Waals surface area contributed by atoms with Gasteiger partial charge >= 0.3 is 0 Å². The van der Waals surface area contributed by atoms with Crippen LogP contribution in [-0.2, 0) is 0 Å². The smallest absolute Gasteiger partial charge is 0.259 e. The monoisotopic (exact) mass is 339 g/mol. The van der Waals surface area contributed by atoms with Crippen molar-refractivity contribution in [1.29, 1.82) is 0 Å². The van der Waals surface area contributed by atoms with E-state index in [0.717, 1.165) is 23.3 Å². The molecule has 6 heteroatoms. The number of hydrogen-bond acceptors (Lipinski definition) is 4. The second kappa shape index (κ2) is 7.09. The minimum atomic E-state index is -0.00166. The maximum atomic E-state index is 13.2. The van der Waals surface area contributed by atoms with E-state index >= 15 is 0 Å². The summed E-state index contributed by atoms with van der Waals surface area (Å²) >= 11 is 0. The highest BCUT2D eigenvalue weighted by atomic mass is 16.2. The average Bonchev–Trinajstić information content (AvgIpc) is 3.09. The van der Waals surface area contributed by atoms with E-state index in [1.807, 2.05) is 41.5 Å². The molecule has 0 aliphatic heterocycles. The van der Waals surface area contributed by atoms with Crippen molar-refractivity contribution in [3.8, 4) is 0 Å². The van der Waals surface area contributed by atoms with Gasteiger partial charge in [0.2, 0.25) is 0 Å². The molecule has 0 fully saturated rings. The third-order valence-corrected chi connectivity index (χ3v) is 4.35. The largest absolute Gasteiger partial charge is 0.383 e. The normalized spacial score (nSPS) is 11.4. The van der Waals surface area contributed by atoms with Gasteiger partial charge in [-0.15, -0.1) is 0 Å². The lowest BCUT2D eigenvalue weighted by Gasteiger charge is -2.23. The van der Waals surface area contributed by atoms with Gasteiger partial charge < -0.3 is 10.2 Å². The van der Waals surface area contributed by atoms with Gasteiger partial charge in [0.1, 0.15) is 11.2 Å². The summed E-state index contributed by atoms with van der Waals surface area (Å²) in [4.78, 5) is 24.0. The Labute approximate surface area is 147 Å². The number of imidazole rings is 1. The number of fused-ring (bicyclic) bond motifs is 3. The summed E-state index contributed by atoms with van der Waals surface area (Å²) < 4.78 is 1.90. The second-order valence-corrected chi connectivity index (χ2v) is 6.50. The third kappa shape index (κ3) is 3.04. The van der Waals surface area contributed by atoms with Crippen LogP contribution in [0.25, 0.3) is 16.7 Å². The first-order chi connectivity index (χ1) is 12.1. The summed E-state index contributed by atoms with van der Waals surface area (Å²) in [6.45, 7) is 10.4. The molecule has 132 valence electrons. The van der Waals surface area contributed by atoms with Gasteiger partial charge in [0, 0.05) is 43.6 Å².